The van der Waals surface area contributed by atoms with Crippen LogP contribution in [0.3, 0.4) is 0 Å². The highest BCUT2D eigenvalue weighted by atomic mass is 32.1. The lowest BCUT2D eigenvalue weighted by Crippen LogP contribution is -2.31. The van der Waals surface area contributed by atoms with E-state index in [1.54, 1.807) is 12.1 Å². The molecular formula is C11H13BO2S. The average molecular weight is 220 g/mol. The van der Waals surface area contributed by atoms with Crippen molar-refractivity contribution in [1.82, 2.24) is 0 Å². The van der Waals surface area contributed by atoms with Gasteiger partial charge in [-0.15, -0.1) is 12.3 Å². The Labute approximate surface area is 95.9 Å². The van der Waals surface area contributed by atoms with Crippen molar-refractivity contribution < 1.29 is 10.0 Å². The Bertz CT molecular complexity index is 396. The lowest BCUT2D eigenvalue weighted by Gasteiger charge is -2.11. The summed E-state index contributed by atoms with van der Waals surface area (Å²) < 4.78 is 0. The molecule has 0 fully saturated rings. The lowest BCUT2D eigenvalue weighted by molar-refractivity contribution is 0.425. The first-order valence-electron chi connectivity index (χ1n) is 4.63. The number of benzene rings is 1. The molecule has 0 saturated carbocycles. The molecule has 4 heteroatoms. The number of hydrogen-bond donors (Lipinski definition) is 3. The van der Waals surface area contributed by atoms with Crippen LogP contribution in [0, 0.1) is 19.3 Å². The zero-order valence-electron chi connectivity index (χ0n) is 8.57. The standard InChI is InChI=1S/C11H13BO2S/c1-3-4-9-5-11(12(13)14)6-10(7-15)8(9)2/h1,5-6,13-15H,4,7H2,2H3. The zero-order chi connectivity index (χ0) is 11.4. The molecule has 0 heterocycles. The van der Waals surface area contributed by atoms with Gasteiger partial charge in [0.1, 0.15) is 0 Å². The van der Waals surface area contributed by atoms with Gasteiger partial charge in [-0.1, -0.05) is 12.1 Å². The Balaban J connectivity index is 3.26. The number of terminal acetylenes is 1. The van der Waals surface area contributed by atoms with E-state index >= 15 is 0 Å². The minimum absolute atomic E-state index is 0.468. The van der Waals surface area contributed by atoms with Crippen LogP contribution >= 0.6 is 12.6 Å². The van der Waals surface area contributed by atoms with E-state index in [-0.39, 0.29) is 0 Å². The SMILES string of the molecule is C#CCc1cc(B(O)O)cc(CS)c1C. The van der Waals surface area contributed by atoms with Gasteiger partial charge in [-0.2, -0.15) is 12.6 Å². The second kappa shape index (κ2) is 5.27. The quantitative estimate of drug-likeness (QED) is 0.389. The van der Waals surface area contributed by atoms with Crippen LogP contribution < -0.4 is 5.46 Å². The summed E-state index contributed by atoms with van der Waals surface area (Å²) in [7, 11) is -1.46. The van der Waals surface area contributed by atoms with Crippen LogP contribution in [0.5, 0.6) is 0 Å². The van der Waals surface area contributed by atoms with Gasteiger partial charge in [0.05, 0.1) is 0 Å². The summed E-state index contributed by atoms with van der Waals surface area (Å²) in [6.07, 6.45) is 5.75. The highest BCUT2D eigenvalue weighted by molar-refractivity contribution is 7.79. The van der Waals surface area contributed by atoms with Gasteiger partial charge in [0.2, 0.25) is 0 Å². The molecule has 0 aliphatic rings. The zero-order valence-corrected chi connectivity index (χ0v) is 9.46. The van der Waals surface area contributed by atoms with Crippen molar-refractivity contribution in [2.45, 2.75) is 19.1 Å². The van der Waals surface area contributed by atoms with E-state index in [1.165, 1.54) is 0 Å². The van der Waals surface area contributed by atoms with Crippen molar-refractivity contribution >= 4 is 25.2 Å². The van der Waals surface area contributed by atoms with Gasteiger partial charge >= 0.3 is 7.12 Å². The van der Waals surface area contributed by atoms with Crippen molar-refractivity contribution in [1.29, 1.82) is 0 Å². The minimum Gasteiger partial charge on any atom is -0.423 e. The van der Waals surface area contributed by atoms with Gasteiger partial charge in [-0.25, -0.2) is 0 Å². The van der Waals surface area contributed by atoms with Crippen LogP contribution in [0.1, 0.15) is 16.7 Å². The van der Waals surface area contributed by atoms with Crippen molar-refractivity contribution in [3.63, 3.8) is 0 Å². The molecule has 15 heavy (non-hydrogen) atoms. The number of thiol groups is 1. The van der Waals surface area contributed by atoms with Crippen LogP contribution in [0.2, 0.25) is 0 Å². The Morgan fingerprint density at radius 1 is 1.40 bits per heavy atom. The van der Waals surface area contributed by atoms with E-state index in [1.807, 2.05) is 6.92 Å². The van der Waals surface area contributed by atoms with E-state index < -0.39 is 7.12 Å². The second-order valence-corrected chi connectivity index (χ2v) is 3.69. The molecule has 78 valence electrons. The van der Waals surface area contributed by atoms with Crippen molar-refractivity contribution in [2.75, 3.05) is 0 Å². The molecule has 1 aromatic carbocycles. The first-order valence-corrected chi connectivity index (χ1v) is 5.26. The summed E-state index contributed by atoms with van der Waals surface area (Å²) in [4.78, 5) is 0. The normalized spacial score (nSPS) is 9.80. The maximum absolute atomic E-state index is 9.11. The van der Waals surface area contributed by atoms with Gasteiger partial charge < -0.3 is 10.0 Å². The molecule has 2 nitrogen and oxygen atoms in total. The Kier molecular flexibility index (Phi) is 4.28. The largest absolute Gasteiger partial charge is 0.488 e. The van der Waals surface area contributed by atoms with Crippen molar-refractivity contribution in [3.8, 4) is 12.3 Å². The first kappa shape index (κ1) is 12.2. The van der Waals surface area contributed by atoms with E-state index in [0.717, 1.165) is 16.7 Å². The second-order valence-electron chi connectivity index (χ2n) is 3.38. The first-order chi connectivity index (χ1) is 7.10. The molecule has 0 amide bonds. The monoisotopic (exact) mass is 220 g/mol. The van der Waals surface area contributed by atoms with Gasteiger partial charge in [0.15, 0.2) is 0 Å². The molecule has 0 aromatic heterocycles. The predicted octanol–water partition coefficient (Wildman–Crippen LogP) is 0.280. The van der Waals surface area contributed by atoms with Gasteiger partial charge in [-0.05, 0) is 29.1 Å². The third kappa shape index (κ3) is 2.79. The Morgan fingerprint density at radius 3 is 2.47 bits per heavy atom. The Morgan fingerprint density at radius 2 is 2.00 bits per heavy atom. The molecular weight excluding hydrogens is 207 g/mol. The minimum atomic E-state index is -1.46. The third-order valence-electron chi connectivity index (χ3n) is 2.41. The predicted molar refractivity (Wildman–Crippen MR) is 66.2 cm³/mol. The van der Waals surface area contributed by atoms with Crippen molar-refractivity contribution in [2.24, 2.45) is 0 Å². The Hall–Kier alpha value is -0.885. The molecule has 1 rings (SSSR count). The highest BCUT2D eigenvalue weighted by Crippen LogP contribution is 2.15. The van der Waals surface area contributed by atoms with Crippen LogP contribution in [0.15, 0.2) is 12.1 Å². The highest BCUT2D eigenvalue weighted by Gasteiger charge is 2.14. The number of hydrogen-bond acceptors (Lipinski definition) is 3. The van der Waals surface area contributed by atoms with Crippen molar-refractivity contribution in [3.05, 3.63) is 28.8 Å². The average Bonchev–Trinajstić information content (AvgIpc) is 2.21. The molecule has 1 aromatic rings. The van der Waals surface area contributed by atoms with E-state index in [4.69, 9.17) is 16.5 Å². The fraction of sp³-hybridized carbons (Fsp3) is 0.273. The fourth-order valence-corrected chi connectivity index (χ4v) is 1.80. The summed E-state index contributed by atoms with van der Waals surface area (Å²) in [6.45, 7) is 1.96. The van der Waals surface area contributed by atoms with Crippen LogP contribution in [-0.4, -0.2) is 17.2 Å². The third-order valence-corrected chi connectivity index (χ3v) is 2.75. The molecule has 0 saturated heterocycles. The smallest absolute Gasteiger partial charge is 0.423 e. The molecule has 0 bridgehead atoms. The molecule has 0 atom stereocenters. The summed E-state index contributed by atoms with van der Waals surface area (Å²) in [5.41, 5.74) is 3.48. The van der Waals surface area contributed by atoms with Gasteiger partial charge in [0, 0.05) is 12.2 Å². The van der Waals surface area contributed by atoms with Gasteiger partial charge in [-0.3, -0.25) is 0 Å². The fourth-order valence-electron chi connectivity index (χ4n) is 1.47. The molecule has 0 spiro atoms. The molecule has 0 aliphatic carbocycles. The molecule has 0 aliphatic heterocycles. The summed E-state index contributed by atoms with van der Waals surface area (Å²) in [5, 5.41) is 18.2. The van der Waals surface area contributed by atoms with E-state index in [9.17, 15) is 0 Å². The van der Waals surface area contributed by atoms with Crippen LogP contribution in [0.25, 0.3) is 0 Å². The van der Waals surface area contributed by atoms with E-state index in [0.29, 0.717) is 17.6 Å². The molecule has 0 unspecified atom stereocenters. The van der Waals surface area contributed by atoms with Gasteiger partial charge in [0.25, 0.3) is 0 Å². The maximum Gasteiger partial charge on any atom is 0.488 e. The maximum atomic E-state index is 9.11. The van der Waals surface area contributed by atoms with Crippen LogP contribution in [0.4, 0.5) is 0 Å². The summed E-state index contributed by atoms with van der Waals surface area (Å²) >= 11 is 4.20. The molecule has 0 radical (unpaired) electrons. The molecule has 2 N–H and O–H groups in total. The summed E-state index contributed by atoms with van der Waals surface area (Å²) in [5.74, 6) is 3.11. The lowest BCUT2D eigenvalue weighted by atomic mass is 9.77. The van der Waals surface area contributed by atoms with Crippen LogP contribution in [-0.2, 0) is 12.2 Å². The number of rotatable bonds is 3. The summed E-state index contributed by atoms with van der Waals surface area (Å²) in [6, 6.07) is 3.47. The van der Waals surface area contributed by atoms with E-state index in [2.05, 4.69) is 18.5 Å². The topological polar surface area (TPSA) is 40.5 Å².